The molecular formula is C13H12N4OS. The van der Waals surface area contributed by atoms with Gasteiger partial charge in [-0.15, -0.1) is 0 Å². The van der Waals surface area contributed by atoms with Crippen LogP contribution >= 0.6 is 11.8 Å². The topological polar surface area (TPSA) is 82.4 Å². The standard InChI is InChI=1S/C13H12N4OS/c1-2-4-10-7-11(18)17-13(16-10)19-12-9(8-14)5-3-6-15-12/h3,5-7H,2,4H2,1H3,(H,16,17,18). The smallest absolute Gasteiger partial charge is 0.251 e. The van der Waals surface area contributed by atoms with Crippen molar-refractivity contribution >= 4 is 11.8 Å². The van der Waals surface area contributed by atoms with Crippen LogP contribution in [0.3, 0.4) is 0 Å². The molecule has 6 heteroatoms. The molecule has 0 saturated carbocycles. The first-order chi connectivity index (χ1) is 9.22. The molecule has 0 atom stereocenters. The Kier molecular flexibility index (Phi) is 4.31. The minimum atomic E-state index is -0.185. The first-order valence-corrected chi connectivity index (χ1v) is 6.67. The Morgan fingerprint density at radius 3 is 3.11 bits per heavy atom. The van der Waals surface area contributed by atoms with Crippen LogP contribution in [0.4, 0.5) is 0 Å². The zero-order valence-corrected chi connectivity index (χ0v) is 11.2. The van der Waals surface area contributed by atoms with Gasteiger partial charge in [0.05, 0.1) is 5.56 Å². The van der Waals surface area contributed by atoms with E-state index in [1.54, 1.807) is 18.3 Å². The third-order valence-electron chi connectivity index (χ3n) is 2.36. The molecule has 0 radical (unpaired) electrons. The Hall–Kier alpha value is -2.13. The molecule has 0 aliphatic heterocycles. The highest BCUT2D eigenvalue weighted by molar-refractivity contribution is 7.99. The number of nitrogens with zero attached hydrogens (tertiary/aromatic N) is 3. The normalized spacial score (nSPS) is 10.1. The summed E-state index contributed by atoms with van der Waals surface area (Å²) in [4.78, 5) is 22.7. The summed E-state index contributed by atoms with van der Waals surface area (Å²) in [5, 5.41) is 10.0. The highest BCUT2D eigenvalue weighted by atomic mass is 32.2. The molecule has 2 rings (SSSR count). The molecule has 1 N–H and O–H groups in total. The van der Waals surface area contributed by atoms with Gasteiger partial charge in [0, 0.05) is 18.0 Å². The second kappa shape index (κ2) is 6.16. The quantitative estimate of drug-likeness (QED) is 0.862. The fourth-order valence-corrected chi connectivity index (χ4v) is 2.40. The number of aromatic nitrogens is 3. The molecule has 0 aliphatic carbocycles. The maximum Gasteiger partial charge on any atom is 0.251 e. The van der Waals surface area contributed by atoms with Gasteiger partial charge in [-0.3, -0.25) is 4.79 Å². The Morgan fingerprint density at radius 2 is 2.37 bits per heavy atom. The lowest BCUT2D eigenvalue weighted by molar-refractivity contribution is 0.815. The van der Waals surface area contributed by atoms with Gasteiger partial charge >= 0.3 is 0 Å². The number of rotatable bonds is 4. The van der Waals surface area contributed by atoms with Gasteiger partial charge in [0.25, 0.3) is 5.56 Å². The number of aryl methyl sites for hydroxylation is 1. The van der Waals surface area contributed by atoms with Crippen molar-refractivity contribution in [2.24, 2.45) is 0 Å². The van der Waals surface area contributed by atoms with E-state index in [2.05, 4.69) is 21.0 Å². The number of hydrogen-bond acceptors (Lipinski definition) is 5. The van der Waals surface area contributed by atoms with Gasteiger partial charge in [-0.25, -0.2) is 9.97 Å². The molecule has 0 unspecified atom stereocenters. The van der Waals surface area contributed by atoms with Gasteiger partial charge in [-0.1, -0.05) is 13.3 Å². The monoisotopic (exact) mass is 272 g/mol. The van der Waals surface area contributed by atoms with E-state index in [1.807, 2.05) is 6.92 Å². The highest BCUT2D eigenvalue weighted by Crippen LogP contribution is 2.24. The second-order valence-corrected chi connectivity index (χ2v) is 4.84. The zero-order chi connectivity index (χ0) is 13.7. The van der Waals surface area contributed by atoms with Crippen molar-refractivity contribution in [1.29, 1.82) is 5.26 Å². The minimum Gasteiger partial charge on any atom is -0.301 e. The number of nitriles is 1. The van der Waals surface area contributed by atoms with E-state index >= 15 is 0 Å². The van der Waals surface area contributed by atoms with Crippen LogP contribution < -0.4 is 5.56 Å². The molecule has 19 heavy (non-hydrogen) atoms. The van der Waals surface area contributed by atoms with Crippen molar-refractivity contribution in [2.45, 2.75) is 29.9 Å². The Bertz CT molecular complexity index is 675. The van der Waals surface area contributed by atoms with Crippen molar-refractivity contribution in [3.8, 4) is 6.07 Å². The summed E-state index contributed by atoms with van der Waals surface area (Å²) in [7, 11) is 0. The van der Waals surface area contributed by atoms with Crippen LogP contribution in [0.25, 0.3) is 0 Å². The SMILES string of the molecule is CCCc1cc(=O)[nH]c(Sc2ncccc2C#N)n1. The molecule has 2 heterocycles. The number of pyridine rings is 1. The predicted octanol–water partition coefficient (Wildman–Crippen LogP) is 2.14. The van der Waals surface area contributed by atoms with Gasteiger partial charge in [0.1, 0.15) is 11.1 Å². The second-order valence-electron chi connectivity index (χ2n) is 3.86. The fraction of sp³-hybridized carbons (Fsp3) is 0.231. The molecule has 96 valence electrons. The van der Waals surface area contributed by atoms with Crippen LogP contribution in [0.15, 0.2) is 39.4 Å². The van der Waals surface area contributed by atoms with Gasteiger partial charge < -0.3 is 4.98 Å². The highest BCUT2D eigenvalue weighted by Gasteiger charge is 2.08. The molecule has 0 spiro atoms. The molecule has 0 amide bonds. The zero-order valence-electron chi connectivity index (χ0n) is 10.4. The van der Waals surface area contributed by atoms with E-state index in [0.717, 1.165) is 18.5 Å². The molecular weight excluding hydrogens is 260 g/mol. The first-order valence-electron chi connectivity index (χ1n) is 5.86. The molecule has 0 aliphatic rings. The lowest BCUT2D eigenvalue weighted by Crippen LogP contribution is -2.10. The molecule has 0 fully saturated rings. The van der Waals surface area contributed by atoms with Crippen LogP contribution in [-0.2, 0) is 6.42 Å². The van der Waals surface area contributed by atoms with Crippen LogP contribution in [0.5, 0.6) is 0 Å². The van der Waals surface area contributed by atoms with Gasteiger partial charge in [-0.05, 0) is 30.3 Å². The average molecular weight is 272 g/mol. The number of aromatic amines is 1. The Balaban J connectivity index is 2.33. The maximum atomic E-state index is 11.5. The largest absolute Gasteiger partial charge is 0.301 e. The maximum absolute atomic E-state index is 11.5. The summed E-state index contributed by atoms with van der Waals surface area (Å²) in [5.74, 6) is 0. The summed E-state index contributed by atoms with van der Waals surface area (Å²) >= 11 is 1.19. The Labute approximate surface area is 114 Å². The van der Waals surface area contributed by atoms with E-state index in [9.17, 15) is 4.79 Å². The van der Waals surface area contributed by atoms with Crippen molar-refractivity contribution < 1.29 is 0 Å². The van der Waals surface area contributed by atoms with E-state index < -0.39 is 0 Å². The van der Waals surface area contributed by atoms with E-state index in [0.29, 0.717) is 15.7 Å². The molecule has 5 nitrogen and oxygen atoms in total. The molecule has 2 aromatic heterocycles. The lowest BCUT2D eigenvalue weighted by Gasteiger charge is -2.03. The lowest BCUT2D eigenvalue weighted by atomic mass is 10.2. The summed E-state index contributed by atoms with van der Waals surface area (Å²) in [5.41, 5.74) is 1.04. The third kappa shape index (κ3) is 3.42. The first kappa shape index (κ1) is 13.3. The number of nitrogens with one attached hydrogen (secondary N) is 1. The van der Waals surface area contributed by atoms with Gasteiger partial charge in [-0.2, -0.15) is 5.26 Å². The van der Waals surface area contributed by atoms with Gasteiger partial charge in [0.15, 0.2) is 5.16 Å². The molecule has 0 aromatic carbocycles. The van der Waals surface area contributed by atoms with Crippen molar-refractivity contribution in [3.05, 3.63) is 46.0 Å². The summed E-state index contributed by atoms with van der Waals surface area (Å²) < 4.78 is 0. The van der Waals surface area contributed by atoms with Crippen LogP contribution in [0.1, 0.15) is 24.6 Å². The van der Waals surface area contributed by atoms with Crippen molar-refractivity contribution in [1.82, 2.24) is 15.0 Å². The van der Waals surface area contributed by atoms with Crippen LogP contribution in [-0.4, -0.2) is 15.0 Å². The van der Waals surface area contributed by atoms with Gasteiger partial charge in [0.2, 0.25) is 0 Å². The summed E-state index contributed by atoms with van der Waals surface area (Å²) in [6, 6.07) is 6.95. The minimum absolute atomic E-state index is 0.185. The molecule has 0 bridgehead atoms. The van der Waals surface area contributed by atoms with Crippen LogP contribution in [0, 0.1) is 11.3 Å². The predicted molar refractivity (Wildman–Crippen MR) is 71.9 cm³/mol. The van der Waals surface area contributed by atoms with Crippen LogP contribution in [0.2, 0.25) is 0 Å². The van der Waals surface area contributed by atoms with Crippen molar-refractivity contribution in [2.75, 3.05) is 0 Å². The fourth-order valence-electron chi connectivity index (χ4n) is 1.56. The van der Waals surface area contributed by atoms with E-state index in [1.165, 1.54) is 17.8 Å². The molecule has 2 aromatic rings. The summed E-state index contributed by atoms with van der Waals surface area (Å²) in [6.07, 6.45) is 3.29. The van der Waals surface area contributed by atoms with E-state index in [4.69, 9.17) is 5.26 Å². The summed E-state index contributed by atoms with van der Waals surface area (Å²) in [6.45, 7) is 2.03. The third-order valence-corrected chi connectivity index (χ3v) is 3.27. The number of hydrogen-bond donors (Lipinski definition) is 1. The Morgan fingerprint density at radius 1 is 1.53 bits per heavy atom. The van der Waals surface area contributed by atoms with E-state index in [-0.39, 0.29) is 5.56 Å². The average Bonchev–Trinajstić information content (AvgIpc) is 2.39. The van der Waals surface area contributed by atoms with Crippen molar-refractivity contribution in [3.63, 3.8) is 0 Å². The molecule has 0 saturated heterocycles. The number of H-pyrrole nitrogens is 1.